The number of thiazole rings is 1. The first-order valence-corrected chi connectivity index (χ1v) is 8.28. The summed E-state index contributed by atoms with van der Waals surface area (Å²) in [5, 5.41) is 0.502. The van der Waals surface area contributed by atoms with E-state index in [1.54, 1.807) is 0 Å². The van der Waals surface area contributed by atoms with Gasteiger partial charge >= 0.3 is 6.18 Å². The van der Waals surface area contributed by atoms with Crippen molar-refractivity contribution in [2.45, 2.75) is 18.6 Å². The summed E-state index contributed by atoms with van der Waals surface area (Å²) in [5.74, 6) is 0.641. The topological polar surface area (TPSA) is 42.1 Å². The molecule has 1 aromatic carbocycles. The maximum absolute atomic E-state index is 12.7. The van der Waals surface area contributed by atoms with Crippen molar-refractivity contribution in [2.75, 3.05) is 19.6 Å². The largest absolute Gasteiger partial charge is 0.427 e. The van der Waals surface area contributed by atoms with Crippen molar-refractivity contribution in [3.05, 3.63) is 52.0 Å². The first-order chi connectivity index (χ1) is 11.0. The van der Waals surface area contributed by atoms with Gasteiger partial charge in [0.15, 0.2) is 0 Å². The van der Waals surface area contributed by atoms with Crippen LogP contribution >= 0.6 is 11.3 Å². The molecule has 2 heterocycles. The average molecular weight is 341 g/mol. The second-order valence-corrected chi connectivity index (χ2v) is 6.94. The predicted molar refractivity (Wildman–Crippen MR) is 84.1 cm³/mol. The highest BCUT2D eigenvalue weighted by Gasteiger charge is 2.35. The van der Waals surface area contributed by atoms with Crippen LogP contribution in [0.15, 0.2) is 36.5 Å². The lowest BCUT2D eigenvalue weighted by molar-refractivity contribution is -0.134. The van der Waals surface area contributed by atoms with Crippen LogP contribution in [0.25, 0.3) is 0 Å². The molecule has 0 spiro atoms. The zero-order valence-electron chi connectivity index (χ0n) is 12.5. The summed E-state index contributed by atoms with van der Waals surface area (Å²) >= 11 is 0.724. The Morgan fingerprint density at radius 2 is 1.96 bits per heavy atom. The number of nitrogens with two attached hydrogens (primary N) is 1. The van der Waals surface area contributed by atoms with E-state index in [0.29, 0.717) is 29.9 Å². The molecule has 7 heteroatoms. The van der Waals surface area contributed by atoms with Gasteiger partial charge in [-0.05, 0) is 18.0 Å². The van der Waals surface area contributed by atoms with Crippen LogP contribution in [0.3, 0.4) is 0 Å². The molecule has 0 unspecified atom stereocenters. The van der Waals surface area contributed by atoms with E-state index in [1.165, 1.54) is 5.56 Å². The third kappa shape index (κ3) is 3.73. The molecule has 1 aromatic heterocycles. The molecule has 1 aliphatic heterocycles. The molecule has 0 bridgehead atoms. The molecule has 2 N–H and O–H groups in total. The molecule has 0 aliphatic carbocycles. The van der Waals surface area contributed by atoms with Crippen molar-refractivity contribution in [1.29, 1.82) is 0 Å². The van der Waals surface area contributed by atoms with Gasteiger partial charge in [0.05, 0.1) is 12.7 Å². The van der Waals surface area contributed by atoms with E-state index in [1.807, 2.05) is 18.2 Å². The van der Waals surface area contributed by atoms with Crippen LogP contribution in [-0.2, 0) is 12.7 Å². The first-order valence-electron chi connectivity index (χ1n) is 7.46. The van der Waals surface area contributed by atoms with Crippen LogP contribution in [0.1, 0.15) is 21.4 Å². The molecule has 124 valence electrons. The number of hydrogen-bond acceptors (Lipinski definition) is 4. The predicted octanol–water partition coefficient (Wildman–Crippen LogP) is 3.34. The number of nitrogens with zero attached hydrogens (tertiary/aromatic N) is 2. The lowest BCUT2D eigenvalue weighted by atomic mass is 9.89. The van der Waals surface area contributed by atoms with Crippen LogP contribution in [0.4, 0.5) is 13.2 Å². The normalized spacial score (nSPS) is 22.6. The number of halogens is 3. The number of rotatable bonds is 4. The van der Waals surface area contributed by atoms with E-state index in [-0.39, 0.29) is 0 Å². The van der Waals surface area contributed by atoms with Crippen LogP contribution in [-0.4, -0.2) is 29.5 Å². The second-order valence-electron chi connectivity index (χ2n) is 5.82. The van der Waals surface area contributed by atoms with Gasteiger partial charge in [-0.15, -0.1) is 11.3 Å². The lowest BCUT2D eigenvalue weighted by Crippen LogP contribution is -2.23. The number of hydrogen-bond donors (Lipinski definition) is 1. The van der Waals surface area contributed by atoms with Gasteiger partial charge in [0, 0.05) is 19.0 Å². The molecule has 3 nitrogen and oxygen atoms in total. The van der Waals surface area contributed by atoms with Gasteiger partial charge in [0.25, 0.3) is 0 Å². The van der Waals surface area contributed by atoms with Crippen molar-refractivity contribution in [3.8, 4) is 0 Å². The fourth-order valence-corrected chi connectivity index (χ4v) is 3.94. The summed E-state index contributed by atoms with van der Waals surface area (Å²) in [7, 11) is 0. The zero-order valence-corrected chi connectivity index (χ0v) is 13.3. The third-order valence-corrected chi connectivity index (χ3v) is 5.27. The maximum Gasteiger partial charge on any atom is 0.427 e. The monoisotopic (exact) mass is 341 g/mol. The molecule has 0 radical (unpaired) electrons. The minimum atomic E-state index is -4.31. The molecule has 1 saturated heterocycles. The van der Waals surface area contributed by atoms with Gasteiger partial charge in [-0.1, -0.05) is 30.3 Å². The summed E-state index contributed by atoms with van der Waals surface area (Å²) in [6, 6.07) is 10.1. The van der Waals surface area contributed by atoms with E-state index >= 15 is 0 Å². The van der Waals surface area contributed by atoms with E-state index in [0.717, 1.165) is 30.6 Å². The van der Waals surface area contributed by atoms with Crippen LogP contribution in [0.2, 0.25) is 0 Å². The number of benzene rings is 1. The average Bonchev–Trinajstić information content (AvgIpc) is 3.15. The molecule has 1 aliphatic rings. The lowest BCUT2D eigenvalue weighted by Gasteiger charge is -2.16. The summed E-state index contributed by atoms with van der Waals surface area (Å²) in [6.45, 7) is 2.60. The van der Waals surface area contributed by atoms with Gasteiger partial charge in [-0.3, -0.25) is 4.90 Å². The van der Waals surface area contributed by atoms with Crippen LogP contribution in [0.5, 0.6) is 0 Å². The van der Waals surface area contributed by atoms with Gasteiger partial charge in [0.1, 0.15) is 9.88 Å². The Kier molecular flexibility index (Phi) is 4.70. The van der Waals surface area contributed by atoms with Crippen LogP contribution < -0.4 is 5.73 Å². The minimum absolute atomic E-state index is 0.319. The smallest absolute Gasteiger partial charge is 0.330 e. The molecule has 0 amide bonds. The van der Waals surface area contributed by atoms with Gasteiger partial charge in [-0.25, -0.2) is 4.98 Å². The summed E-state index contributed by atoms with van der Waals surface area (Å²) < 4.78 is 38.0. The Morgan fingerprint density at radius 3 is 2.57 bits per heavy atom. The molecule has 2 aromatic rings. The van der Waals surface area contributed by atoms with E-state index < -0.39 is 11.1 Å². The number of likely N-dealkylation sites (tertiary alicyclic amines) is 1. The van der Waals surface area contributed by atoms with Crippen molar-refractivity contribution >= 4 is 11.3 Å². The fraction of sp³-hybridized carbons (Fsp3) is 0.438. The fourth-order valence-electron chi connectivity index (χ4n) is 3.11. The second kappa shape index (κ2) is 6.59. The SMILES string of the molecule is NC[C@@H]1CN(Cc2ncc(C(F)(F)F)s2)C[C@H]1c1ccccc1. The van der Waals surface area contributed by atoms with Crippen molar-refractivity contribution in [3.63, 3.8) is 0 Å². The minimum Gasteiger partial charge on any atom is -0.330 e. The van der Waals surface area contributed by atoms with E-state index in [9.17, 15) is 13.2 Å². The summed E-state index contributed by atoms with van der Waals surface area (Å²) in [5.41, 5.74) is 7.13. The Bertz CT molecular complexity index is 642. The zero-order chi connectivity index (χ0) is 16.4. The third-order valence-electron chi connectivity index (χ3n) is 4.24. The highest BCUT2D eigenvalue weighted by Crippen LogP contribution is 2.36. The Morgan fingerprint density at radius 1 is 1.22 bits per heavy atom. The maximum atomic E-state index is 12.7. The molecular formula is C16H18F3N3S. The van der Waals surface area contributed by atoms with Gasteiger partial charge in [-0.2, -0.15) is 13.2 Å². The molecule has 0 saturated carbocycles. The summed E-state index contributed by atoms with van der Waals surface area (Å²) in [4.78, 5) is 5.43. The highest BCUT2D eigenvalue weighted by atomic mass is 32.1. The number of aromatic nitrogens is 1. The molecule has 3 rings (SSSR count). The molecule has 1 fully saturated rings. The van der Waals surface area contributed by atoms with Gasteiger partial charge in [0.2, 0.25) is 0 Å². The Hall–Kier alpha value is -1.44. The molecule has 2 atom stereocenters. The van der Waals surface area contributed by atoms with Crippen molar-refractivity contribution < 1.29 is 13.2 Å². The molecule has 23 heavy (non-hydrogen) atoms. The van der Waals surface area contributed by atoms with Crippen LogP contribution in [0, 0.1) is 5.92 Å². The van der Waals surface area contributed by atoms with Gasteiger partial charge < -0.3 is 5.73 Å². The van der Waals surface area contributed by atoms with Crippen molar-refractivity contribution in [2.24, 2.45) is 11.7 Å². The Balaban J connectivity index is 1.69. The van der Waals surface area contributed by atoms with E-state index in [2.05, 4.69) is 22.0 Å². The Labute approximate surface area is 136 Å². The summed E-state index contributed by atoms with van der Waals surface area (Å²) in [6.07, 6.45) is -3.39. The highest BCUT2D eigenvalue weighted by molar-refractivity contribution is 7.11. The van der Waals surface area contributed by atoms with Crippen molar-refractivity contribution in [1.82, 2.24) is 9.88 Å². The first kappa shape index (κ1) is 16.4. The number of alkyl halides is 3. The quantitative estimate of drug-likeness (QED) is 0.927. The molecular weight excluding hydrogens is 323 g/mol. The standard InChI is InChI=1S/C16H18F3N3S/c17-16(18,19)14-7-21-15(23-14)10-22-8-12(6-20)13(9-22)11-4-2-1-3-5-11/h1-5,7,12-13H,6,8-10,20H2/t12-,13+/m1/s1. The van der Waals surface area contributed by atoms with E-state index in [4.69, 9.17) is 5.73 Å².